The van der Waals surface area contributed by atoms with Crippen LogP contribution in [0.15, 0.2) is 29.2 Å². The second-order valence-corrected chi connectivity index (χ2v) is 9.83. The van der Waals surface area contributed by atoms with E-state index in [4.69, 9.17) is 11.8 Å². The van der Waals surface area contributed by atoms with Crippen LogP contribution in [0.4, 0.5) is 0 Å². The van der Waals surface area contributed by atoms with E-state index in [1.165, 1.54) is 0 Å². The van der Waals surface area contributed by atoms with E-state index in [1.807, 2.05) is 51.3 Å². The first-order valence-electron chi connectivity index (χ1n) is 4.77. The smallest absolute Gasteiger partial charge is 0.0975 e. The van der Waals surface area contributed by atoms with E-state index in [2.05, 4.69) is 0 Å². The first-order chi connectivity index (χ1) is 6.80. The summed E-state index contributed by atoms with van der Waals surface area (Å²) in [6, 6.07) is 7.90. The lowest BCUT2D eigenvalue weighted by Crippen LogP contribution is -2.23. The SMILES string of the molecule is CSc1ccccc1P(O)(=S)C(C)(C)C. The predicted molar refractivity (Wildman–Crippen MR) is 74.1 cm³/mol. The molecule has 0 saturated heterocycles. The van der Waals surface area contributed by atoms with Crippen LogP contribution in [-0.2, 0) is 11.8 Å². The molecule has 0 spiro atoms. The Bertz CT molecular complexity index is 396. The Labute approximate surface area is 101 Å². The molecule has 0 aromatic heterocycles. The Morgan fingerprint density at radius 3 is 2.27 bits per heavy atom. The van der Waals surface area contributed by atoms with Crippen LogP contribution < -0.4 is 5.30 Å². The fourth-order valence-electron chi connectivity index (χ4n) is 1.24. The van der Waals surface area contributed by atoms with E-state index in [-0.39, 0.29) is 5.16 Å². The highest BCUT2D eigenvalue weighted by Gasteiger charge is 2.32. The Kier molecular flexibility index (Phi) is 4.05. The van der Waals surface area contributed by atoms with Crippen molar-refractivity contribution in [2.75, 3.05) is 6.26 Å². The van der Waals surface area contributed by atoms with Crippen LogP contribution in [0.1, 0.15) is 20.8 Å². The van der Waals surface area contributed by atoms with Gasteiger partial charge in [0.25, 0.3) is 0 Å². The molecule has 0 heterocycles. The zero-order valence-electron chi connectivity index (χ0n) is 9.52. The highest BCUT2D eigenvalue weighted by atomic mass is 32.4. The van der Waals surface area contributed by atoms with Crippen LogP contribution in [0.25, 0.3) is 0 Å². The third-order valence-electron chi connectivity index (χ3n) is 2.32. The van der Waals surface area contributed by atoms with E-state index in [1.54, 1.807) is 11.8 Å². The highest BCUT2D eigenvalue weighted by Crippen LogP contribution is 2.54. The van der Waals surface area contributed by atoms with E-state index in [0.717, 1.165) is 10.2 Å². The molecule has 0 aliphatic carbocycles. The van der Waals surface area contributed by atoms with Crippen molar-refractivity contribution in [1.29, 1.82) is 0 Å². The monoisotopic (exact) mass is 260 g/mol. The van der Waals surface area contributed by atoms with Gasteiger partial charge >= 0.3 is 0 Å². The van der Waals surface area contributed by atoms with E-state index >= 15 is 0 Å². The molecule has 0 fully saturated rings. The van der Waals surface area contributed by atoms with Gasteiger partial charge in [-0.15, -0.1) is 11.8 Å². The summed E-state index contributed by atoms with van der Waals surface area (Å²) in [5, 5.41) is 0.703. The average molecular weight is 260 g/mol. The quantitative estimate of drug-likeness (QED) is 0.651. The van der Waals surface area contributed by atoms with Crippen molar-refractivity contribution in [2.24, 2.45) is 0 Å². The molecule has 84 valence electrons. The lowest BCUT2D eigenvalue weighted by atomic mass is 10.3. The molecule has 0 aliphatic heterocycles. The standard InChI is InChI=1S/C11H17OPS2/c1-11(2,3)13(12,14)9-7-5-6-8-10(9)15-4/h5-8H,1-4H3,(H,12,14). The molecule has 1 N–H and O–H groups in total. The lowest BCUT2D eigenvalue weighted by Gasteiger charge is -2.31. The predicted octanol–water partition coefficient (Wildman–Crippen LogP) is 3.22. The van der Waals surface area contributed by atoms with Gasteiger partial charge in [0.2, 0.25) is 0 Å². The largest absolute Gasteiger partial charge is 0.361 e. The summed E-state index contributed by atoms with van der Waals surface area (Å²) in [6.45, 7) is 6.01. The molecule has 0 saturated carbocycles. The zero-order chi connectivity index (χ0) is 11.7. The molecule has 1 aromatic rings. The highest BCUT2D eigenvalue weighted by molar-refractivity contribution is 8.16. The molecule has 1 nitrogen and oxygen atoms in total. The molecule has 0 amide bonds. The summed E-state index contributed by atoms with van der Waals surface area (Å²) < 4.78 is 0. The molecule has 1 unspecified atom stereocenters. The topological polar surface area (TPSA) is 20.2 Å². The molecule has 0 aliphatic rings. The van der Waals surface area contributed by atoms with Gasteiger partial charge in [0.1, 0.15) is 0 Å². The van der Waals surface area contributed by atoms with Crippen LogP contribution in [0.2, 0.25) is 0 Å². The number of thioether (sulfide) groups is 1. The van der Waals surface area contributed by atoms with E-state index in [0.29, 0.717) is 0 Å². The minimum absolute atomic E-state index is 0.242. The molecule has 15 heavy (non-hydrogen) atoms. The molecular weight excluding hydrogens is 243 g/mol. The minimum atomic E-state index is -2.47. The molecule has 1 rings (SSSR count). The molecule has 1 aromatic carbocycles. The van der Waals surface area contributed by atoms with Gasteiger partial charge in [0.15, 0.2) is 0 Å². The normalized spacial score (nSPS) is 16.1. The Balaban J connectivity index is 3.33. The third-order valence-corrected chi connectivity index (χ3v) is 8.36. The average Bonchev–Trinajstić information content (AvgIpc) is 2.16. The second-order valence-electron chi connectivity index (χ2n) is 4.42. The van der Waals surface area contributed by atoms with Crippen molar-refractivity contribution in [1.82, 2.24) is 0 Å². The van der Waals surface area contributed by atoms with E-state index < -0.39 is 6.26 Å². The summed E-state index contributed by atoms with van der Waals surface area (Å²) >= 11 is 7.09. The Morgan fingerprint density at radius 2 is 1.80 bits per heavy atom. The van der Waals surface area contributed by atoms with Gasteiger partial charge in [-0.2, -0.15) is 0 Å². The van der Waals surface area contributed by atoms with Crippen LogP contribution in [0.5, 0.6) is 0 Å². The van der Waals surface area contributed by atoms with Gasteiger partial charge in [-0.05, 0) is 12.3 Å². The molecular formula is C11H17OPS2. The van der Waals surface area contributed by atoms with E-state index in [9.17, 15) is 4.89 Å². The van der Waals surface area contributed by atoms with Gasteiger partial charge < -0.3 is 4.89 Å². The fraction of sp³-hybridized carbons (Fsp3) is 0.455. The maximum Gasteiger partial charge on any atom is 0.0975 e. The maximum atomic E-state index is 10.5. The van der Waals surface area contributed by atoms with Crippen molar-refractivity contribution in [3.63, 3.8) is 0 Å². The number of hydrogen-bond acceptors (Lipinski definition) is 2. The summed E-state index contributed by atoms with van der Waals surface area (Å²) in [6.07, 6.45) is -0.460. The summed E-state index contributed by atoms with van der Waals surface area (Å²) in [5.41, 5.74) is 0. The molecule has 0 bridgehead atoms. The van der Waals surface area contributed by atoms with Crippen LogP contribution in [0, 0.1) is 0 Å². The second kappa shape index (κ2) is 4.58. The van der Waals surface area contributed by atoms with Crippen molar-refractivity contribution in [3.05, 3.63) is 24.3 Å². The summed E-state index contributed by atoms with van der Waals surface area (Å²) in [4.78, 5) is 11.6. The zero-order valence-corrected chi connectivity index (χ0v) is 12.0. The first kappa shape index (κ1) is 13.2. The summed E-state index contributed by atoms with van der Waals surface area (Å²) in [5.74, 6) is 0. The van der Waals surface area contributed by atoms with Gasteiger partial charge in [-0.1, -0.05) is 50.8 Å². The lowest BCUT2D eigenvalue weighted by molar-refractivity contribution is 0.585. The van der Waals surface area contributed by atoms with Crippen molar-refractivity contribution in [2.45, 2.75) is 30.8 Å². The van der Waals surface area contributed by atoms with Crippen molar-refractivity contribution in [3.8, 4) is 0 Å². The number of benzene rings is 1. The van der Waals surface area contributed by atoms with Gasteiger partial charge in [0, 0.05) is 15.4 Å². The summed E-state index contributed by atoms with van der Waals surface area (Å²) in [7, 11) is 0. The Hall–Kier alpha value is 0.180. The molecule has 4 heteroatoms. The molecule has 1 atom stereocenters. The number of hydrogen-bond donors (Lipinski definition) is 1. The fourth-order valence-corrected chi connectivity index (χ4v) is 4.44. The third kappa shape index (κ3) is 2.65. The number of rotatable bonds is 2. The van der Waals surface area contributed by atoms with Gasteiger partial charge in [-0.3, -0.25) is 0 Å². The minimum Gasteiger partial charge on any atom is -0.361 e. The molecule has 0 radical (unpaired) electrons. The van der Waals surface area contributed by atoms with Crippen molar-refractivity contribution >= 4 is 35.1 Å². The Morgan fingerprint density at radius 1 is 1.27 bits per heavy atom. The van der Waals surface area contributed by atoms with Crippen LogP contribution in [-0.4, -0.2) is 16.3 Å². The first-order valence-corrected chi connectivity index (χ1v) is 8.75. The van der Waals surface area contributed by atoms with Crippen LogP contribution >= 0.6 is 18.0 Å². The van der Waals surface area contributed by atoms with Gasteiger partial charge in [-0.25, -0.2) is 0 Å². The van der Waals surface area contributed by atoms with Gasteiger partial charge in [0.05, 0.1) is 6.26 Å². The van der Waals surface area contributed by atoms with Crippen LogP contribution in [0.3, 0.4) is 0 Å². The maximum absolute atomic E-state index is 10.5. The van der Waals surface area contributed by atoms with Crippen molar-refractivity contribution < 1.29 is 4.89 Å².